The van der Waals surface area contributed by atoms with Crippen molar-refractivity contribution >= 4 is 11.8 Å². The minimum absolute atomic E-state index is 0.0715. The van der Waals surface area contributed by atoms with E-state index in [4.69, 9.17) is 9.15 Å². The highest BCUT2D eigenvalue weighted by Crippen LogP contribution is 2.27. The monoisotopic (exact) mass is 435 g/mol. The zero-order valence-corrected chi connectivity index (χ0v) is 15.8. The molecule has 1 aromatic carbocycles. The van der Waals surface area contributed by atoms with Gasteiger partial charge in [-0.25, -0.2) is 0 Å². The number of rotatable bonds is 6. The number of hydrogen-bond donors (Lipinski definition) is 2. The zero-order valence-electron chi connectivity index (χ0n) is 15.8. The zero-order chi connectivity index (χ0) is 22.4. The lowest BCUT2D eigenvalue weighted by Crippen LogP contribution is -2.44. The molecule has 0 aliphatic rings. The van der Waals surface area contributed by atoms with Crippen molar-refractivity contribution in [2.24, 2.45) is 0 Å². The molecule has 0 saturated carbocycles. The van der Waals surface area contributed by atoms with Gasteiger partial charge in [0.1, 0.15) is 24.7 Å². The smallest absolute Gasteiger partial charge is 0.417 e. The van der Waals surface area contributed by atoms with E-state index in [1.807, 2.05) is 11.5 Å². The summed E-state index contributed by atoms with van der Waals surface area (Å²) in [7, 11) is 0. The van der Waals surface area contributed by atoms with Crippen molar-refractivity contribution in [3.63, 3.8) is 0 Å². The van der Waals surface area contributed by atoms with Crippen molar-refractivity contribution in [2.75, 3.05) is 0 Å². The number of nitrogens with zero attached hydrogens (tertiary/aromatic N) is 1. The Morgan fingerprint density at radius 2 is 1.74 bits per heavy atom. The Kier molecular flexibility index (Phi) is 6.43. The van der Waals surface area contributed by atoms with Gasteiger partial charge in [-0.05, 0) is 30.3 Å². The number of amides is 2. The summed E-state index contributed by atoms with van der Waals surface area (Å²) in [5.41, 5.74) is 2.19. The van der Waals surface area contributed by atoms with Crippen molar-refractivity contribution in [2.45, 2.75) is 19.3 Å². The van der Waals surface area contributed by atoms with Gasteiger partial charge >= 0.3 is 12.1 Å². The summed E-state index contributed by atoms with van der Waals surface area (Å²) in [6, 6.07) is 13.1. The molecule has 31 heavy (non-hydrogen) atoms. The number of alkyl halides is 3. The van der Waals surface area contributed by atoms with E-state index in [2.05, 4.69) is 5.43 Å². The van der Waals surface area contributed by atoms with Crippen LogP contribution in [0.2, 0.25) is 0 Å². The van der Waals surface area contributed by atoms with Crippen molar-refractivity contribution in [3.8, 4) is 5.75 Å². The molecule has 11 heteroatoms. The van der Waals surface area contributed by atoms with Crippen LogP contribution in [0.3, 0.4) is 0 Å². The molecule has 2 N–H and O–H groups in total. The number of benzene rings is 1. The molecule has 0 bridgehead atoms. The summed E-state index contributed by atoms with van der Waals surface area (Å²) in [4.78, 5) is 35.6. The lowest BCUT2D eigenvalue weighted by atomic mass is 10.3. The predicted octanol–water partition coefficient (Wildman–Crippen LogP) is 2.50. The number of para-hydroxylation sites is 1. The molecule has 3 rings (SSSR count). The number of furan rings is 1. The van der Waals surface area contributed by atoms with Gasteiger partial charge in [0.2, 0.25) is 0 Å². The fourth-order valence-electron chi connectivity index (χ4n) is 2.45. The summed E-state index contributed by atoms with van der Waals surface area (Å²) in [6.45, 7) is -0.653. The first-order valence-electron chi connectivity index (χ1n) is 8.86. The van der Waals surface area contributed by atoms with Gasteiger partial charge in [-0.1, -0.05) is 18.2 Å². The summed E-state index contributed by atoms with van der Waals surface area (Å²) in [5, 5.41) is 0. The van der Waals surface area contributed by atoms with Gasteiger partial charge in [-0.3, -0.25) is 25.2 Å². The second-order valence-electron chi connectivity index (χ2n) is 6.25. The van der Waals surface area contributed by atoms with Gasteiger partial charge in [0.05, 0.1) is 5.56 Å². The van der Waals surface area contributed by atoms with Gasteiger partial charge < -0.3 is 13.7 Å². The lowest BCUT2D eigenvalue weighted by Gasteiger charge is -2.11. The average Bonchev–Trinajstić information content (AvgIpc) is 3.21. The number of hydrazine groups is 1. The van der Waals surface area contributed by atoms with Gasteiger partial charge in [-0.2, -0.15) is 13.2 Å². The third kappa shape index (κ3) is 5.98. The molecule has 0 saturated heterocycles. The third-order valence-corrected chi connectivity index (χ3v) is 3.95. The number of carbonyl (C=O) groups is 2. The third-order valence-electron chi connectivity index (χ3n) is 3.95. The molecule has 2 heterocycles. The minimum Gasteiger partial charge on any atom is -0.486 e. The molecule has 2 aromatic heterocycles. The Labute approximate surface area is 173 Å². The van der Waals surface area contributed by atoms with Crippen molar-refractivity contribution in [1.29, 1.82) is 0 Å². The first-order valence-corrected chi connectivity index (χ1v) is 8.86. The van der Waals surface area contributed by atoms with E-state index < -0.39 is 35.7 Å². The van der Waals surface area contributed by atoms with Gasteiger partial charge in [-0.15, -0.1) is 0 Å². The Morgan fingerprint density at radius 3 is 2.45 bits per heavy atom. The number of nitrogens with one attached hydrogen (secondary N) is 2. The number of ether oxygens (including phenoxy) is 1. The molecule has 0 unspecified atom stereocenters. The number of halogens is 3. The van der Waals surface area contributed by atoms with Crippen LogP contribution >= 0.6 is 0 Å². The van der Waals surface area contributed by atoms with Crippen molar-refractivity contribution in [3.05, 3.63) is 88.2 Å². The van der Waals surface area contributed by atoms with Crippen LogP contribution in [0.1, 0.15) is 21.9 Å². The maximum absolute atomic E-state index is 12.7. The summed E-state index contributed by atoms with van der Waals surface area (Å²) < 4.78 is 49.6. The van der Waals surface area contributed by atoms with Crippen LogP contribution in [0.5, 0.6) is 5.75 Å². The molecule has 0 aliphatic heterocycles. The van der Waals surface area contributed by atoms with E-state index in [0.717, 1.165) is 0 Å². The predicted molar refractivity (Wildman–Crippen MR) is 101 cm³/mol. The normalized spacial score (nSPS) is 11.1. The highest BCUT2D eigenvalue weighted by molar-refractivity contribution is 5.92. The average molecular weight is 435 g/mol. The van der Waals surface area contributed by atoms with E-state index in [9.17, 15) is 27.6 Å². The van der Waals surface area contributed by atoms with Gasteiger partial charge in [0.25, 0.3) is 11.5 Å². The fourth-order valence-corrected chi connectivity index (χ4v) is 2.45. The lowest BCUT2D eigenvalue weighted by molar-refractivity contribution is -0.138. The van der Waals surface area contributed by atoms with E-state index >= 15 is 0 Å². The number of carbonyl (C=O) groups excluding carboxylic acids is 2. The molecule has 2 amide bonds. The molecular formula is C20H16F3N3O5. The molecule has 162 valence electrons. The molecule has 8 nitrogen and oxygen atoms in total. The standard InChI is InChI=1S/C20H16F3N3O5/c21-20(22,23)13-6-9-18(28)26(10-13)11-17(27)24-25-19(29)16-8-7-15(31-16)12-30-14-4-2-1-3-5-14/h1-10H,11-12H2,(H,24,27)(H,25,29). The molecular weight excluding hydrogens is 419 g/mol. The van der Waals surface area contributed by atoms with Crippen molar-refractivity contribution in [1.82, 2.24) is 15.4 Å². The van der Waals surface area contributed by atoms with Gasteiger partial charge in [0, 0.05) is 12.3 Å². The first kappa shape index (κ1) is 21.7. The van der Waals surface area contributed by atoms with Crippen LogP contribution in [0.4, 0.5) is 13.2 Å². The minimum atomic E-state index is -4.67. The SMILES string of the molecule is O=C(Cn1cc(C(F)(F)F)ccc1=O)NNC(=O)c1ccc(COc2ccccc2)o1. The highest BCUT2D eigenvalue weighted by Gasteiger charge is 2.31. The van der Waals surface area contributed by atoms with Crippen LogP contribution in [0, 0.1) is 0 Å². The van der Waals surface area contributed by atoms with E-state index in [-0.39, 0.29) is 12.4 Å². The van der Waals surface area contributed by atoms with E-state index in [1.54, 1.807) is 24.3 Å². The Bertz CT molecular complexity index is 1120. The van der Waals surface area contributed by atoms with Crippen LogP contribution in [-0.4, -0.2) is 16.4 Å². The van der Waals surface area contributed by atoms with E-state index in [1.165, 1.54) is 12.1 Å². The highest BCUT2D eigenvalue weighted by atomic mass is 19.4. The topological polar surface area (TPSA) is 103 Å². The largest absolute Gasteiger partial charge is 0.486 e. The van der Waals surface area contributed by atoms with Crippen LogP contribution in [0.15, 0.2) is 70.0 Å². The number of aromatic nitrogens is 1. The fraction of sp³-hybridized carbons (Fsp3) is 0.150. The van der Waals surface area contributed by atoms with Crippen molar-refractivity contribution < 1.29 is 31.9 Å². The molecule has 0 aliphatic carbocycles. The maximum atomic E-state index is 12.7. The summed E-state index contributed by atoms with van der Waals surface area (Å²) in [6.07, 6.45) is -4.14. The van der Waals surface area contributed by atoms with Crippen LogP contribution in [0.25, 0.3) is 0 Å². The second kappa shape index (κ2) is 9.20. The Balaban J connectivity index is 1.52. The number of hydrogen-bond acceptors (Lipinski definition) is 5. The quantitative estimate of drug-likeness (QED) is 0.580. The number of pyridine rings is 1. The molecule has 0 spiro atoms. The Morgan fingerprint density at radius 1 is 1.00 bits per heavy atom. The van der Waals surface area contributed by atoms with E-state index in [0.29, 0.717) is 34.4 Å². The Hall–Kier alpha value is -4.02. The van der Waals surface area contributed by atoms with Crippen LogP contribution < -0.4 is 21.1 Å². The second-order valence-corrected chi connectivity index (χ2v) is 6.25. The summed E-state index contributed by atoms with van der Waals surface area (Å²) >= 11 is 0. The first-order chi connectivity index (χ1) is 14.7. The molecule has 0 atom stereocenters. The molecule has 3 aromatic rings. The maximum Gasteiger partial charge on any atom is 0.417 e. The summed E-state index contributed by atoms with van der Waals surface area (Å²) in [5.74, 6) is -0.856. The van der Waals surface area contributed by atoms with Gasteiger partial charge in [0.15, 0.2) is 5.76 Å². The molecule has 0 fully saturated rings. The molecule has 0 radical (unpaired) electrons. The van der Waals surface area contributed by atoms with Crippen LogP contribution in [-0.2, 0) is 24.1 Å².